The summed E-state index contributed by atoms with van der Waals surface area (Å²) >= 11 is 1.29. The predicted octanol–water partition coefficient (Wildman–Crippen LogP) is 1.87. The molecule has 0 radical (unpaired) electrons. The highest BCUT2D eigenvalue weighted by atomic mass is 32.2. The molecule has 1 aromatic heterocycles. The highest BCUT2D eigenvalue weighted by Gasteiger charge is 2.30. The molecule has 0 amide bonds. The monoisotopic (exact) mass is 289 g/mol. The first kappa shape index (κ1) is 14.0. The first-order valence-electron chi connectivity index (χ1n) is 6.13. The van der Waals surface area contributed by atoms with E-state index in [9.17, 15) is 13.5 Å². The van der Waals surface area contributed by atoms with Crippen LogP contribution in [0.1, 0.15) is 30.2 Å². The standard InChI is InChI=1S/C12H19NO3S2/c1-8(10-3-4-10)5-13-18(15,16)12-9(2)7-17-11(12)6-14/h7-8,10,13-14H,3-6H2,1-2H3. The largest absolute Gasteiger partial charge is 0.391 e. The highest BCUT2D eigenvalue weighted by Crippen LogP contribution is 2.36. The summed E-state index contributed by atoms with van der Waals surface area (Å²) in [5, 5.41) is 11.0. The lowest BCUT2D eigenvalue weighted by Crippen LogP contribution is -2.29. The maximum absolute atomic E-state index is 12.2. The van der Waals surface area contributed by atoms with Crippen LogP contribution in [0.25, 0.3) is 0 Å². The maximum Gasteiger partial charge on any atom is 0.242 e. The molecule has 0 bridgehead atoms. The zero-order chi connectivity index (χ0) is 13.3. The second-order valence-electron chi connectivity index (χ2n) is 5.00. The second-order valence-corrected chi connectivity index (χ2v) is 7.66. The number of aryl methyl sites for hydroxylation is 1. The first-order chi connectivity index (χ1) is 8.45. The summed E-state index contributed by atoms with van der Waals surface area (Å²) in [6, 6.07) is 0. The van der Waals surface area contributed by atoms with Crippen molar-refractivity contribution in [1.29, 1.82) is 0 Å². The number of thiophene rings is 1. The minimum absolute atomic E-state index is 0.229. The van der Waals surface area contributed by atoms with Gasteiger partial charge in [0.25, 0.3) is 0 Å². The summed E-state index contributed by atoms with van der Waals surface area (Å²) in [6.07, 6.45) is 2.42. The molecule has 18 heavy (non-hydrogen) atoms. The molecule has 0 spiro atoms. The lowest BCUT2D eigenvalue weighted by molar-refractivity contribution is 0.282. The Morgan fingerprint density at radius 3 is 2.78 bits per heavy atom. The van der Waals surface area contributed by atoms with E-state index in [0.717, 1.165) is 0 Å². The minimum Gasteiger partial charge on any atom is -0.391 e. The third kappa shape index (κ3) is 2.93. The number of aliphatic hydroxyl groups is 1. The van der Waals surface area contributed by atoms with E-state index in [-0.39, 0.29) is 11.5 Å². The number of aliphatic hydroxyl groups excluding tert-OH is 1. The van der Waals surface area contributed by atoms with Crippen LogP contribution in [0.2, 0.25) is 0 Å². The van der Waals surface area contributed by atoms with Crippen molar-refractivity contribution in [3.63, 3.8) is 0 Å². The Balaban J connectivity index is 2.11. The van der Waals surface area contributed by atoms with Gasteiger partial charge in [0.1, 0.15) is 4.90 Å². The van der Waals surface area contributed by atoms with Gasteiger partial charge in [0.2, 0.25) is 10.0 Å². The van der Waals surface area contributed by atoms with Crippen LogP contribution in [0.3, 0.4) is 0 Å². The van der Waals surface area contributed by atoms with Crippen molar-refractivity contribution in [2.24, 2.45) is 11.8 Å². The number of hydrogen-bond acceptors (Lipinski definition) is 4. The van der Waals surface area contributed by atoms with E-state index in [4.69, 9.17) is 0 Å². The number of rotatable bonds is 6. The fourth-order valence-electron chi connectivity index (χ4n) is 2.10. The van der Waals surface area contributed by atoms with E-state index in [1.165, 1.54) is 24.2 Å². The van der Waals surface area contributed by atoms with E-state index in [0.29, 0.717) is 28.8 Å². The van der Waals surface area contributed by atoms with Gasteiger partial charge in [-0.15, -0.1) is 11.3 Å². The van der Waals surface area contributed by atoms with Gasteiger partial charge in [-0.25, -0.2) is 13.1 Å². The Hall–Kier alpha value is -0.430. The zero-order valence-electron chi connectivity index (χ0n) is 10.6. The molecule has 2 N–H and O–H groups in total. The maximum atomic E-state index is 12.2. The van der Waals surface area contributed by atoms with E-state index >= 15 is 0 Å². The SMILES string of the molecule is Cc1csc(CO)c1S(=O)(=O)NCC(C)C1CC1. The molecule has 1 fully saturated rings. The van der Waals surface area contributed by atoms with Crippen LogP contribution in [-0.4, -0.2) is 20.1 Å². The number of hydrogen-bond donors (Lipinski definition) is 2. The van der Waals surface area contributed by atoms with Gasteiger partial charge < -0.3 is 5.11 Å². The zero-order valence-corrected chi connectivity index (χ0v) is 12.3. The Morgan fingerprint density at radius 1 is 1.56 bits per heavy atom. The van der Waals surface area contributed by atoms with Gasteiger partial charge >= 0.3 is 0 Å². The molecule has 2 rings (SSSR count). The minimum atomic E-state index is -3.49. The fourth-order valence-corrected chi connectivity index (χ4v) is 4.90. The van der Waals surface area contributed by atoms with Crippen LogP contribution in [-0.2, 0) is 16.6 Å². The van der Waals surface area contributed by atoms with Crippen LogP contribution in [0.5, 0.6) is 0 Å². The van der Waals surface area contributed by atoms with Gasteiger partial charge in [0.15, 0.2) is 0 Å². The summed E-state index contributed by atoms with van der Waals surface area (Å²) in [5.74, 6) is 1.06. The topological polar surface area (TPSA) is 66.4 Å². The summed E-state index contributed by atoms with van der Waals surface area (Å²) in [7, 11) is -3.49. The summed E-state index contributed by atoms with van der Waals surface area (Å²) < 4.78 is 27.1. The third-order valence-corrected chi connectivity index (χ3v) is 6.29. The van der Waals surface area contributed by atoms with Crippen molar-refractivity contribution in [2.75, 3.05) is 6.54 Å². The van der Waals surface area contributed by atoms with Crippen molar-refractivity contribution >= 4 is 21.4 Å². The van der Waals surface area contributed by atoms with Crippen LogP contribution < -0.4 is 4.72 Å². The fraction of sp³-hybridized carbons (Fsp3) is 0.667. The van der Waals surface area contributed by atoms with E-state index in [2.05, 4.69) is 11.6 Å². The van der Waals surface area contributed by atoms with Crippen molar-refractivity contribution in [3.8, 4) is 0 Å². The lowest BCUT2D eigenvalue weighted by Gasteiger charge is -2.12. The van der Waals surface area contributed by atoms with Crippen molar-refractivity contribution < 1.29 is 13.5 Å². The summed E-state index contributed by atoms with van der Waals surface area (Å²) in [4.78, 5) is 0.775. The third-order valence-electron chi connectivity index (χ3n) is 3.42. The van der Waals surface area contributed by atoms with E-state index in [1.807, 2.05) is 0 Å². The molecule has 0 saturated heterocycles. The van der Waals surface area contributed by atoms with Gasteiger partial charge in [-0.3, -0.25) is 0 Å². The molecule has 0 aromatic carbocycles. The molecule has 4 nitrogen and oxygen atoms in total. The molecule has 1 aliphatic carbocycles. The highest BCUT2D eigenvalue weighted by molar-refractivity contribution is 7.89. The molecule has 1 unspecified atom stereocenters. The Bertz CT molecular complexity index is 517. The summed E-state index contributed by atoms with van der Waals surface area (Å²) in [6.45, 7) is 4.09. The van der Waals surface area contributed by atoms with Crippen LogP contribution in [0.15, 0.2) is 10.3 Å². The predicted molar refractivity (Wildman–Crippen MR) is 72.1 cm³/mol. The Morgan fingerprint density at radius 2 is 2.22 bits per heavy atom. The number of nitrogens with one attached hydrogen (secondary N) is 1. The van der Waals surface area contributed by atoms with Gasteiger partial charge in [-0.05, 0) is 42.5 Å². The average molecular weight is 289 g/mol. The molecule has 102 valence electrons. The molecule has 6 heteroatoms. The van der Waals surface area contributed by atoms with Crippen molar-refractivity contribution in [2.45, 2.75) is 38.2 Å². The smallest absolute Gasteiger partial charge is 0.242 e. The van der Waals surface area contributed by atoms with Gasteiger partial charge in [0.05, 0.1) is 11.5 Å². The van der Waals surface area contributed by atoms with Crippen LogP contribution >= 0.6 is 11.3 Å². The first-order valence-corrected chi connectivity index (χ1v) is 8.49. The molecule has 1 atom stereocenters. The van der Waals surface area contributed by atoms with Gasteiger partial charge in [-0.1, -0.05) is 6.92 Å². The molecule has 1 aromatic rings. The quantitative estimate of drug-likeness (QED) is 0.840. The molecule has 1 aliphatic rings. The molecule has 1 saturated carbocycles. The van der Waals surface area contributed by atoms with Crippen molar-refractivity contribution in [1.82, 2.24) is 4.72 Å². The van der Waals surface area contributed by atoms with Crippen LogP contribution in [0, 0.1) is 18.8 Å². The lowest BCUT2D eigenvalue weighted by atomic mass is 10.1. The average Bonchev–Trinajstić information content (AvgIpc) is 3.09. The summed E-state index contributed by atoms with van der Waals surface area (Å²) in [5.41, 5.74) is 0.704. The van der Waals surface area contributed by atoms with Gasteiger partial charge in [0, 0.05) is 6.54 Å². The second kappa shape index (κ2) is 5.28. The molecule has 0 aliphatic heterocycles. The molecule has 1 heterocycles. The molecular formula is C12H19NO3S2. The van der Waals surface area contributed by atoms with E-state index in [1.54, 1.807) is 12.3 Å². The van der Waals surface area contributed by atoms with Gasteiger partial charge in [-0.2, -0.15) is 0 Å². The Labute approximate surface area is 112 Å². The van der Waals surface area contributed by atoms with Crippen LogP contribution in [0.4, 0.5) is 0 Å². The van der Waals surface area contributed by atoms with Crippen molar-refractivity contribution in [3.05, 3.63) is 15.8 Å². The molecular weight excluding hydrogens is 270 g/mol. The Kier molecular flexibility index (Phi) is 4.11. The number of sulfonamides is 1. The normalized spacial score (nSPS) is 17.9. The van der Waals surface area contributed by atoms with E-state index < -0.39 is 10.0 Å².